The van der Waals surface area contributed by atoms with Crippen molar-refractivity contribution < 1.29 is 24.2 Å². The number of aryl methyl sites for hydroxylation is 2. The van der Waals surface area contributed by atoms with Crippen molar-refractivity contribution in [1.29, 1.82) is 0 Å². The third-order valence-electron chi connectivity index (χ3n) is 3.89. The number of carboxylic acid groups (broad SMARTS) is 1. The van der Waals surface area contributed by atoms with Crippen LogP contribution in [0.15, 0.2) is 12.1 Å². The lowest BCUT2D eigenvalue weighted by molar-refractivity contribution is -0.142. The minimum Gasteiger partial charge on any atom is -0.488 e. The minimum atomic E-state index is -1.07. The Hall–Kier alpha value is -1.95. The van der Waals surface area contributed by atoms with E-state index in [9.17, 15) is 14.7 Å². The zero-order valence-electron chi connectivity index (χ0n) is 15.1. The molecule has 0 radical (unpaired) electrons. The topological polar surface area (TPSA) is 76.1 Å². The number of hydrogen-bond donors (Lipinski definition) is 1. The Bertz CT molecular complexity index is 660. The first kappa shape index (κ1) is 19.4. The molecule has 7 heteroatoms. The number of ether oxygens (including phenoxy) is 2. The van der Waals surface area contributed by atoms with Crippen molar-refractivity contribution in [2.24, 2.45) is 0 Å². The van der Waals surface area contributed by atoms with Crippen LogP contribution < -0.4 is 4.74 Å². The Labute approximate surface area is 152 Å². The van der Waals surface area contributed by atoms with Gasteiger partial charge in [0.05, 0.1) is 6.54 Å². The number of amides is 1. The van der Waals surface area contributed by atoms with Crippen LogP contribution in [0.25, 0.3) is 0 Å². The SMILES string of the molecule is Cc1cc(OC2CC(C(=O)O)N(C(=O)OC(C)(C)C)C2)cc(C)c1Cl. The van der Waals surface area contributed by atoms with Crippen LogP contribution in [0.2, 0.25) is 5.02 Å². The standard InChI is InChI=1S/C18H24ClNO5/c1-10-6-12(7-11(2)15(10)19)24-13-8-14(16(21)22)20(9-13)17(23)25-18(3,4)5/h6-7,13-14H,8-9H2,1-5H3,(H,21,22). The molecule has 0 saturated carbocycles. The Balaban J connectivity index is 2.14. The van der Waals surface area contributed by atoms with Crippen LogP contribution in [0.5, 0.6) is 5.75 Å². The van der Waals surface area contributed by atoms with Gasteiger partial charge in [-0.25, -0.2) is 9.59 Å². The molecule has 0 aromatic heterocycles. The quantitative estimate of drug-likeness (QED) is 0.877. The summed E-state index contributed by atoms with van der Waals surface area (Å²) in [5.74, 6) is -0.458. The summed E-state index contributed by atoms with van der Waals surface area (Å²) < 4.78 is 11.2. The summed E-state index contributed by atoms with van der Waals surface area (Å²) in [4.78, 5) is 25.0. The van der Waals surface area contributed by atoms with Gasteiger partial charge in [-0.05, 0) is 57.9 Å². The summed E-state index contributed by atoms with van der Waals surface area (Å²) in [5.41, 5.74) is 1.07. The molecule has 1 N–H and O–H groups in total. The zero-order chi connectivity index (χ0) is 18.9. The molecular formula is C18H24ClNO5. The fraction of sp³-hybridized carbons (Fsp3) is 0.556. The van der Waals surface area contributed by atoms with E-state index in [1.165, 1.54) is 4.90 Å². The number of carbonyl (C=O) groups is 2. The maximum Gasteiger partial charge on any atom is 0.411 e. The van der Waals surface area contributed by atoms with Crippen molar-refractivity contribution in [3.63, 3.8) is 0 Å². The van der Waals surface area contributed by atoms with Gasteiger partial charge in [-0.15, -0.1) is 0 Å². The van der Waals surface area contributed by atoms with Crippen LogP contribution in [-0.4, -0.2) is 46.4 Å². The number of hydrogen-bond acceptors (Lipinski definition) is 4. The fourth-order valence-corrected chi connectivity index (χ4v) is 2.92. The summed E-state index contributed by atoms with van der Waals surface area (Å²) in [6.45, 7) is 9.14. The fourth-order valence-electron chi connectivity index (χ4n) is 2.81. The number of halogens is 1. The van der Waals surface area contributed by atoms with Gasteiger partial charge in [0.15, 0.2) is 0 Å². The van der Waals surface area contributed by atoms with E-state index in [0.29, 0.717) is 10.8 Å². The summed E-state index contributed by atoms with van der Waals surface area (Å²) in [7, 11) is 0. The number of rotatable bonds is 3. The Morgan fingerprint density at radius 2 is 1.80 bits per heavy atom. The zero-order valence-corrected chi connectivity index (χ0v) is 15.9. The molecule has 1 heterocycles. The molecule has 25 heavy (non-hydrogen) atoms. The summed E-state index contributed by atoms with van der Waals surface area (Å²) in [6.07, 6.45) is -0.863. The molecule has 2 atom stereocenters. The third-order valence-corrected chi connectivity index (χ3v) is 4.48. The lowest BCUT2D eigenvalue weighted by Crippen LogP contribution is -2.43. The van der Waals surface area contributed by atoms with Crippen LogP contribution in [0, 0.1) is 13.8 Å². The van der Waals surface area contributed by atoms with Gasteiger partial charge in [0.25, 0.3) is 0 Å². The highest BCUT2D eigenvalue weighted by Gasteiger charge is 2.42. The van der Waals surface area contributed by atoms with Crippen molar-refractivity contribution in [3.8, 4) is 5.75 Å². The maximum atomic E-state index is 12.3. The summed E-state index contributed by atoms with van der Waals surface area (Å²) >= 11 is 6.15. The molecule has 0 bridgehead atoms. The highest BCUT2D eigenvalue weighted by Crippen LogP contribution is 2.29. The molecule has 2 unspecified atom stereocenters. The predicted octanol–water partition coefficient (Wildman–Crippen LogP) is 3.80. The summed E-state index contributed by atoms with van der Waals surface area (Å²) in [6, 6.07) is 2.65. The van der Waals surface area contributed by atoms with E-state index in [1.54, 1.807) is 32.9 Å². The molecule has 1 aliphatic rings. The van der Waals surface area contributed by atoms with Gasteiger partial charge in [0, 0.05) is 11.4 Å². The number of nitrogens with zero attached hydrogens (tertiary/aromatic N) is 1. The average molecular weight is 370 g/mol. The van der Waals surface area contributed by atoms with E-state index in [-0.39, 0.29) is 13.0 Å². The molecular weight excluding hydrogens is 346 g/mol. The molecule has 6 nitrogen and oxygen atoms in total. The van der Waals surface area contributed by atoms with Crippen molar-refractivity contribution in [1.82, 2.24) is 4.90 Å². The highest BCUT2D eigenvalue weighted by atomic mass is 35.5. The average Bonchev–Trinajstić information content (AvgIpc) is 2.87. The van der Waals surface area contributed by atoms with Crippen LogP contribution in [-0.2, 0) is 9.53 Å². The Kier molecular flexibility index (Phi) is 5.52. The first-order chi connectivity index (χ1) is 11.5. The van der Waals surface area contributed by atoms with Crippen molar-refractivity contribution in [2.75, 3.05) is 6.54 Å². The molecule has 1 aliphatic heterocycles. The lowest BCUT2D eigenvalue weighted by Gasteiger charge is -2.26. The van der Waals surface area contributed by atoms with Crippen LogP contribution >= 0.6 is 11.6 Å². The number of likely N-dealkylation sites (tertiary alicyclic amines) is 1. The first-order valence-corrected chi connectivity index (χ1v) is 8.51. The molecule has 1 aromatic rings. The first-order valence-electron chi connectivity index (χ1n) is 8.14. The monoisotopic (exact) mass is 369 g/mol. The van der Waals surface area contributed by atoms with Crippen LogP contribution in [0.4, 0.5) is 4.79 Å². The Morgan fingerprint density at radius 3 is 2.28 bits per heavy atom. The lowest BCUT2D eigenvalue weighted by atomic mass is 10.1. The number of benzene rings is 1. The van der Waals surface area contributed by atoms with Crippen molar-refractivity contribution in [3.05, 3.63) is 28.3 Å². The van der Waals surface area contributed by atoms with Crippen molar-refractivity contribution >= 4 is 23.7 Å². The molecule has 1 aromatic carbocycles. The minimum absolute atomic E-state index is 0.159. The van der Waals surface area contributed by atoms with Gasteiger partial charge in [-0.3, -0.25) is 4.90 Å². The van der Waals surface area contributed by atoms with E-state index < -0.39 is 29.8 Å². The second-order valence-electron chi connectivity index (χ2n) is 7.33. The van der Waals surface area contributed by atoms with Crippen LogP contribution in [0.1, 0.15) is 38.3 Å². The smallest absolute Gasteiger partial charge is 0.411 e. The molecule has 0 spiro atoms. The number of aliphatic carboxylic acids is 1. The van der Waals surface area contributed by atoms with Gasteiger partial charge in [-0.2, -0.15) is 0 Å². The van der Waals surface area contributed by atoms with Crippen LogP contribution in [0.3, 0.4) is 0 Å². The second-order valence-corrected chi connectivity index (χ2v) is 7.71. The van der Waals surface area contributed by atoms with Crippen molar-refractivity contribution in [2.45, 2.75) is 58.8 Å². The molecule has 0 aliphatic carbocycles. The summed E-state index contributed by atoms with van der Waals surface area (Å²) in [5, 5.41) is 10.1. The maximum absolute atomic E-state index is 12.3. The molecule has 138 valence electrons. The van der Waals surface area contributed by atoms with Gasteiger partial charge < -0.3 is 14.6 Å². The van der Waals surface area contributed by atoms with Gasteiger partial charge in [-0.1, -0.05) is 11.6 Å². The molecule has 1 fully saturated rings. The van der Waals surface area contributed by atoms with Gasteiger partial charge in [0.2, 0.25) is 0 Å². The highest BCUT2D eigenvalue weighted by molar-refractivity contribution is 6.32. The number of carboxylic acids is 1. The second kappa shape index (κ2) is 7.12. The molecule has 2 rings (SSSR count). The largest absolute Gasteiger partial charge is 0.488 e. The van der Waals surface area contributed by atoms with E-state index in [4.69, 9.17) is 21.1 Å². The predicted molar refractivity (Wildman–Crippen MR) is 94.3 cm³/mol. The normalized spacial score (nSPS) is 20.5. The van der Waals surface area contributed by atoms with Gasteiger partial charge >= 0.3 is 12.1 Å². The Morgan fingerprint density at radius 1 is 1.24 bits per heavy atom. The van der Waals surface area contributed by atoms with Gasteiger partial charge in [0.1, 0.15) is 23.5 Å². The van der Waals surface area contributed by atoms with E-state index in [0.717, 1.165) is 11.1 Å². The van der Waals surface area contributed by atoms with E-state index in [1.807, 2.05) is 13.8 Å². The molecule has 1 saturated heterocycles. The van der Waals surface area contributed by atoms with E-state index in [2.05, 4.69) is 0 Å². The third kappa shape index (κ3) is 4.78. The van der Waals surface area contributed by atoms with E-state index >= 15 is 0 Å². The molecule has 1 amide bonds. The number of carbonyl (C=O) groups excluding carboxylic acids is 1.